The van der Waals surface area contributed by atoms with Crippen LogP contribution in [0.5, 0.6) is 0 Å². The van der Waals surface area contributed by atoms with Gasteiger partial charge in [-0.25, -0.2) is 19.1 Å². The molecule has 0 radical (unpaired) electrons. The van der Waals surface area contributed by atoms with E-state index in [-0.39, 0.29) is 34.0 Å². The molecule has 2 N–H and O–H groups in total. The summed E-state index contributed by atoms with van der Waals surface area (Å²) in [5.41, 5.74) is 2.35. The molecule has 5 aromatic rings. The van der Waals surface area contributed by atoms with Gasteiger partial charge in [-0.15, -0.1) is 5.10 Å². The Morgan fingerprint density at radius 3 is 2.64 bits per heavy atom. The number of halogens is 2. The molecule has 2 atom stereocenters. The van der Waals surface area contributed by atoms with E-state index in [2.05, 4.69) is 30.7 Å². The number of fused-ring (bicyclic) bond motifs is 4. The highest BCUT2D eigenvalue weighted by Gasteiger charge is 2.26. The molecular weight excluding hydrogens is 609 g/mol. The second-order valence-corrected chi connectivity index (χ2v) is 11.3. The van der Waals surface area contributed by atoms with Gasteiger partial charge in [0.2, 0.25) is 5.91 Å². The molecule has 0 unspecified atom stereocenters. The number of nitrogens with zero attached hydrogens (tertiary/aromatic N) is 8. The highest BCUT2D eigenvalue weighted by Crippen LogP contribution is 2.31. The van der Waals surface area contributed by atoms with E-state index in [1.54, 1.807) is 50.4 Å². The summed E-state index contributed by atoms with van der Waals surface area (Å²) in [6.07, 6.45) is 6.16. The number of benzene rings is 1. The standard InChI is InChI=1S/C29H25Cl2N9O4/c1-15-4-3-5-23(21-11-18(8-9-32-21)40-27(34-28(15)42)16(2)26(36-40)29(43)44)38-14-33-20(12-25(38)41)19-10-17(30)6-7-22(19)39-13-24(31)35-37-39/h6-15,23H,3-5H2,1-2H3,(H,34,42)(H,43,44)/t15-,23+/m1/s1. The first kappa shape index (κ1) is 29.2. The number of carboxylic acids is 1. The predicted octanol–water partition coefficient (Wildman–Crippen LogP) is 4.73. The lowest BCUT2D eigenvalue weighted by atomic mass is 9.98. The second kappa shape index (κ2) is 11.7. The van der Waals surface area contributed by atoms with E-state index >= 15 is 0 Å². The van der Waals surface area contributed by atoms with Crippen LogP contribution < -0.4 is 10.9 Å². The number of carbonyl (C=O) groups excluding carboxylic acids is 1. The van der Waals surface area contributed by atoms with Gasteiger partial charge in [0.15, 0.2) is 10.8 Å². The van der Waals surface area contributed by atoms with Crippen molar-refractivity contribution in [2.75, 3.05) is 5.32 Å². The number of hydrogen-bond acceptors (Lipinski definition) is 8. The molecule has 1 aromatic carbocycles. The number of aromatic carboxylic acids is 1. The van der Waals surface area contributed by atoms with E-state index in [0.717, 1.165) is 0 Å². The summed E-state index contributed by atoms with van der Waals surface area (Å²) in [5, 5.41) is 25.4. The molecule has 5 heterocycles. The van der Waals surface area contributed by atoms with Crippen LogP contribution in [0.25, 0.3) is 22.6 Å². The lowest BCUT2D eigenvalue weighted by Crippen LogP contribution is -2.27. The predicted molar refractivity (Wildman–Crippen MR) is 162 cm³/mol. The van der Waals surface area contributed by atoms with Crippen LogP contribution in [0.4, 0.5) is 5.82 Å². The number of carboxylic acid groups (broad SMARTS) is 1. The molecule has 0 saturated heterocycles. The molecular formula is C29H25Cl2N9O4. The van der Waals surface area contributed by atoms with Crippen molar-refractivity contribution in [3.05, 3.63) is 92.6 Å². The molecule has 0 aliphatic carbocycles. The number of aromatic nitrogens is 8. The normalized spacial score (nSPS) is 16.9. The molecule has 15 heteroatoms. The van der Waals surface area contributed by atoms with Gasteiger partial charge < -0.3 is 10.4 Å². The number of pyridine rings is 1. The molecule has 1 aliphatic heterocycles. The van der Waals surface area contributed by atoms with Crippen LogP contribution in [0.2, 0.25) is 10.2 Å². The minimum absolute atomic E-state index is 0.178. The third-order valence-corrected chi connectivity index (χ3v) is 8.01. The molecule has 0 saturated carbocycles. The minimum atomic E-state index is -1.21. The van der Waals surface area contributed by atoms with Gasteiger partial charge in [-0.3, -0.25) is 19.1 Å². The van der Waals surface area contributed by atoms with Crippen LogP contribution in [0.1, 0.15) is 54.0 Å². The zero-order valence-corrected chi connectivity index (χ0v) is 25.0. The van der Waals surface area contributed by atoms with Gasteiger partial charge in [-0.2, -0.15) is 5.10 Å². The zero-order valence-electron chi connectivity index (χ0n) is 23.5. The zero-order chi connectivity index (χ0) is 31.1. The van der Waals surface area contributed by atoms with Crippen molar-refractivity contribution < 1.29 is 14.7 Å². The fourth-order valence-electron chi connectivity index (χ4n) is 5.27. The molecule has 2 bridgehead atoms. The average Bonchev–Trinajstić information content (AvgIpc) is 3.58. The number of amides is 1. The number of anilines is 1. The highest BCUT2D eigenvalue weighted by atomic mass is 35.5. The molecule has 4 aromatic heterocycles. The van der Waals surface area contributed by atoms with Gasteiger partial charge in [-0.1, -0.05) is 41.8 Å². The van der Waals surface area contributed by atoms with Crippen molar-refractivity contribution >= 4 is 40.9 Å². The van der Waals surface area contributed by atoms with E-state index < -0.39 is 12.0 Å². The average molecular weight is 634 g/mol. The van der Waals surface area contributed by atoms with E-state index in [1.807, 2.05) is 0 Å². The Balaban J connectivity index is 1.45. The molecule has 0 fully saturated rings. The fourth-order valence-corrected chi connectivity index (χ4v) is 5.57. The van der Waals surface area contributed by atoms with Crippen molar-refractivity contribution in [3.63, 3.8) is 0 Å². The first-order chi connectivity index (χ1) is 21.1. The molecule has 1 aliphatic rings. The van der Waals surface area contributed by atoms with E-state index in [4.69, 9.17) is 23.2 Å². The van der Waals surface area contributed by atoms with Crippen molar-refractivity contribution in [2.24, 2.45) is 5.92 Å². The molecule has 224 valence electrons. The first-order valence-electron chi connectivity index (χ1n) is 13.7. The lowest BCUT2D eigenvalue weighted by molar-refractivity contribution is -0.119. The maximum absolute atomic E-state index is 13.7. The van der Waals surface area contributed by atoms with Crippen LogP contribution in [-0.2, 0) is 4.79 Å². The summed E-state index contributed by atoms with van der Waals surface area (Å²) in [5.74, 6) is -1.59. The van der Waals surface area contributed by atoms with Crippen LogP contribution >= 0.6 is 23.2 Å². The fraction of sp³-hybridized carbons (Fsp3) is 0.241. The van der Waals surface area contributed by atoms with Crippen molar-refractivity contribution in [3.8, 4) is 22.6 Å². The Hall–Kier alpha value is -4.88. The molecule has 44 heavy (non-hydrogen) atoms. The quantitative estimate of drug-likeness (QED) is 0.285. The van der Waals surface area contributed by atoms with Gasteiger partial charge in [0.1, 0.15) is 5.82 Å². The summed E-state index contributed by atoms with van der Waals surface area (Å²) in [7, 11) is 0. The SMILES string of the molecule is Cc1c(C(=O)O)nn2c1NC(=O)[C@H](C)CCC[C@H](n1cnc(-c3cc(Cl)ccc3-n3cc(Cl)nn3)cc1=O)c1cc-2ccn1. The maximum atomic E-state index is 13.7. The topological polar surface area (TPSA) is 163 Å². The Morgan fingerprint density at radius 1 is 1.09 bits per heavy atom. The molecule has 6 rings (SSSR count). The van der Waals surface area contributed by atoms with Crippen molar-refractivity contribution in [2.45, 2.75) is 39.2 Å². The number of carbonyl (C=O) groups is 2. The van der Waals surface area contributed by atoms with Gasteiger partial charge >= 0.3 is 5.97 Å². The summed E-state index contributed by atoms with van der Waals surface area (Å²) in [6, 6.07) is 9.37. The van der Waals surface area contributed by atoms with Gasteiger partial charge in [-0.05, 0) is 50.1 Å². The van der Waals surface area contributed by atoms with Crippen LogP contribution in [0.3, 0.4) is 0 Å². The highest BCUT2D eigenvalue weighted by molar-refractivity contribution is 6.31. The van der Waals surface area contributed by atoms with Crippen LogP contribution in [-0.4, -0.2) is 56.3 Å². The van der Waals surface area contributed by atoms with E-state index in [9.17, 15) is 19.5 Å². The van der Waals surface area contributed by atoms with Gasteiger partial charge in [0.05, 0.1) is 41.3 Å². The smallest absolute Gasteiger partial charge is 0.356 e. The number of rotatable bonds is 4. The summed E-state index contributed by atoms with van der Waals surface area (Å²) < 4.78 is 4.36. The monoisotopic (exact) mass is 633 g/mol. The number of nitrogens with one attached hydrogen (secondary N) is 1. The Bertz CT molecular complexity index is 1980. The van der Waals surface area contributed by atoms with Crippen LogP contribution in [0.15, 0.2) is 59.9 Å². The third-order valence-electron chi connectivity index (χ3n) is 7.60. The Labute approximate surface area is 260 Å². The maximum Gasteiger partial charge on any atom is 0.356 e. The Kier molecular flexibility index (Phi) is 7.74. The summed E-state index contributed by atoms with van der Waals surface area (Å²) in [4.78, 5) is 47.9. The van der Waals surface area contributed by atoms with Gasteiger partial charge in [0.25, 0.3) is 5.56 Å². The van der Waals surface area contributed by atoms with Crippen molar-refractivity contribution in [1.29, 1.82) is 0 Å². The first-order valence-corrected chi connectivity index (χ1v) is 14.4. The minimum Gasteiger partial charge on any atom is -0.476 e. The van der Waals surface area contributed by atoms with E-state index in [1.165, 1.54) is 32.5 Å². The van der Waals surface area contributed by atoms with E-state index in [0.29, 0.717) is 58.2 Å². The molecule has 13 nitrogen and oxygen atoms in total. The molecule has 1 amide bonds. The largest absolute Gasteiger partial charge is 0.476 e. The lowest BCUT2D eigenvalue weighted by Gasteiger charge is -2.22. The summed E-state index contributed by atoms with van der Waals surface area (Å²) >= 11 is 12.3. The van der Waals surface area contributed by atoms with Crippen LogP contribution in [0, 0.1) is 12.8 Å². The second-order valence-electron chi connectivity index (χ2n) is 10.5. The summed E-state index contributed by atoms with van der Waals surface area (Å²) in [6.45, 7) is 3.40. The Morgan fingerprint density at radius 2 is 1.91 bits per heavy atom. The third kappa shape index (κ3) is 5.47. The van der Waals surface area contributed by atoms with Gasteiger partial charge in [0, 0.05) is 34.3 Å². The number of hydrogen-bond donors (Lipinski definition) is 2. The molecule has 0 spiro atoms. The van der Waals surface area contributed by atoms with Crippen molar-refractivity contribution in [1.82, 2.24) is 39.3 Å².